The predicted octanol–water partition coefficient (Wildman–Crippen LogP) is 2.94. The summed E-state index contributed by atoms with van der Waals surface area (Å²) < 4.78 is 41.8. The molecule has 1 aromatic rings. The first kappa shape index (κ1) is 14.9. The minimum Gasteiger partial charge on any atom is -0.364 e. The second-order valence-corrected chi connectivity index (χ2v) is 5.06. The van der Waals surface area contributed by atoms with E-state index in [-0.39, 0.29) is 24.9 Å². The van der Waals surface area contributed by atoms with Gasteiger partial charge in [0.1, 0.15) is 6.26 Å². The molecule has 0 bridgehead atoms. The van der Waals surface area contributed by atoms with Crippen molar-refractivity contribution < 1.29 is 22.5 Å². The molecule has 0 N–H and O–H groups in total. The maximum absolute atomic E-state index is 12.4. The third-order valence-electron chi connectivity index (χ3n) is 3.55. The van der Waals surface area contributed by atoms with E-state index in [0.717, 1.165) is 25.7 Å². The molecule has 1 saturated carbocycles. The maximum Gasteiger partial charge on any atom is 0.390 e. The van der Waals surface area contributed by atoms with Crippen molar-refractivity contribution in [2.45, 2.75) is 50.7 Å². The highest BCUT2D eigenvalue weighted by Crippen LogP contribution is 2.27. The van der Waals surface area contributed by atoms with Gasteiger partial charge in [0.15, 0.2) is 0 Å². The maximum atomic E-state index is 12.4. The fraction of sp³-hybridized carbons (Fsp3) is 0.692. The molecule has 0 unspecified atom stereocenters. The van der Waals surface area contributed by atoms with Crippen LogP contribution in [0, 0.1) is 0 Å². The van der Waals surface area contributed by atoms with Crippen LogP contribution >= 0.6 is 0 Å². The van der Waals surface area contributed by atoms with E-state index < -0.39 is 12.6 Å². The smallest absolute Gasteiger partial charge is 0.364 e. The van der Waals surface area contributed by atoms with E-state index >= 15 is 0 Å². The fourth-order valence-electron chi connectivity index (χ4n) is 2.56. The van der Waals surface area contributed by atoms with Crippen LogP contribution < -0.4 is 0 Å². The van der Waals surface area contributed by atoms with Gasteiger partial charge in [0.25, 0.3) is 0 Å². The zero-order valence-electron chi connectivity index (χ0n) is 11.0. The van der Waals surface area contributed by atoms with Crippen LogP contribution in [0.2, 0.25) is 0 Å². The molecule has 20 heavy (non-hydrogen) atoms. The summed E-state index contributed by atoms with van der Waals surface area (Å²) in [7, 11) is 0. The lowest BCUT2D eigenvalue weighted by Crippen LogP contribution is -2.41. The molecule has 0 aromatic carbocycles. The Bertz CT molecular complexity index is 425. The molecular formula is C13H17F3N2O2. The van der Waals surface area contributed by atoms with Gasteiger partial charge < -0.3 is 9.42 Å². The molecule has 1 heterocycles. The molecule has 1 amide bonds. The van der Waals surface area contributed by atoms with Gasteiger partial charge in [-0.05, 0) is 12.8 Å². The van der Waals surface area contributed by atoms with Crippen LogP contribution in [-0.4, -0.2) is 34.7 Å². The monoisotopic (exact) mass is 290 g/mol. The van der Waals surface area contributed by atoms with Gasteiger partial charge in [-0.15, -0.1) is 0 Å². The average Bonchev–Trinajstić information content (AvgIpc) is 3.00. The molecule has 2 rings (SSSR count). The van der Waals surface area contributed by atoms with E-state index in [9.17, 15) is 18.0 Å². The van der Waals surface area contributed by atoms with Gasteiger partial charge in [-0.3, -0.25) is 4.79 Å². The summed E-state index contributed by atoms with van der Waals surface area (Å²) in [6.07, 6.45) is -0.387. The van der Waals surface area contributed by atoms with E-state index in [1.165, 1.54) is 11.2 Å². The van der Waals surface area contributed by atoms with Crippen LogP contribution in [0.25, 0.3) is 0 Å². The summed E-state index contributed by atoms with van der Waals surface area (Å²) in [5, 5.41) is 3.63. The number of alkyl halides is 3. The van der Waals surface area contributed by atoms with Gasteiger partial charge in [0.05, 0.1) is 18.5 Å². The zero-order chi connectivity index (χ0) is 14.6. The van der Waals surface area contributed by atoms with Crippen molar-refractivity contribution in [3.05, 3.63) is 18.0 Å². The van der Waals surface area contributed by atoms with Gasteiger partial charge in [-0.1, -0.05) is 18.0 Å². The van der Waals surface area contributed by atoms with Crippen molar-refractivity contribution >= 4 is 5.91 Å². The Morgan fingerprint density at radius 2 is 2.10 bits per heavy atom. The molecule has 0 radical (unpaired) electrons. The third kappa shape index (κ3) is 4.25. The van der Waals surface area contributed by atoms with Crippen LogP contribution in [0.15, 0.2) is 16.9 Å². The Kier molecular flexibility index (Phi) is 4.67. The van der Waals surface area contributed by atoms with Crippen molar-refractivity contribution in [1.29, 1.82) is 0 Å². The van der Waals surface area contributed by atoms with Crippen LogP contribution in [0.5, 0.6) is 0 Å². The largest absolute Gasteiger partial charge is 0.390 e. The van der Waals surface area contributed by atoms with Crippen molar-refractivity contribution in [3.63, 3.8) is 0 Å². The highest BCUT2D eigenvalue weighted by molar-refractivity contribution is 5.78. The van der Waals surface area contributed by atoms with Gasteiger partial charge in [0.2, 0.25) is 5.91 Å². The van der Waals surface area contributed by atoms with E-state index in [4.69, 9.17) is 0 Å². The topological polar surface area (TPSA) is 46.3 Å². The minimum absolute atomic E-state index is 0.00907. The Morgan fingerprint density at radius 3 is 2.65 bits per heavy atom. The highest BCUT2D eigenvalue weighted by Gasteiger charge is 2.32. The zero-order valence-corrected chi connectivity index (χ0v) is 11.0. The summed E-state index contributed by atoms with van der Waals surface area (Å²) in [6.45, 7) is -0.273. The summed E-state index contributed by atoms with van der Waals surface area (Å²) in [4.78, 5) is 13.6. The van der Waals surface area contributed by atoms with Gasteiger partial charge in [-0.25, -0.2) is 0 Å². The molecular weight excluding hydrogens is 273 g/mol. The van der Waals surface area contributed by atoms with Crippen molar-refractivity contribution in [3.8, 4) is 0 Å². The molecule has 1 aromatic heterocycles. The molecule has 1 aliphatic rings. The Hall–Kier alpha value is -1.53. The number of amides is 1. The number of hydrogen-bond acceptors (Lipinski definition) is 3. The lowest BCUT2D eigenvalue weighted by atomic mass is 10.1. The number of hydrogen-bond donors (Lipinski definition) is 0. The lowest BCUT2D eigenvalue weighted by molar-refractivity contribution is -0.147. The Labute approximate surface area is 114 Å². The SMILES string of the molecule is O=C(Cc1ccon1)N(CCC(F)(F)F)C1CCCC1. The first-order valence-electron chi connectivity index (χ1n) is 6.71. The Morgan fingerprint density at radius 1 is 1.40 bits per heavy atom. The van der Waals surface area contributed by atoms with Gasteiger partial charge in [-0.2, -0.15) is 13.2 Å². The average molecular weight is 290 g/mol. The first-order chi connectivity index (χ1) is 9.46. The molecule has 0 spiro atoms. The number of rotatable bonds is 5. The lowest BCUT2D eigenvalue weighted by Gasteiger charge is -2.29. The van der Waals surface area contributed by atoms with Crippen molar-refractivity contribution in [2.24, 2.45) is 0 Å². The van der Waals surface area contributed by atoms with E-state index in [2.05, 4.69) is 9.68 Å². The van der Waals surface area contributed by atoms with E-state index in [1.54, 1.807) is 6.07 Å². The molecule has 112 valence electrons. The van der Waals surface area contributed by atoms with E-state index in [0.29, 0.717) is 5.69 Å². The van der Waals surface area contributed by atoms with Gasteiger partial charge in [0, 0.05) is 18.7 Å². The highest BCUT2D eigenvalue weighted by atomic mass is 19.4. The second-order valence-electron chi connectivity index (χ2n) is 5.06. The minimum atomic E-state index is -4.25. The molecule has 7 heteroatoms. The van der Waals surface area contributed by atoms with E-state index in [1.807, 2.05) is 0 Å². The van der Waals surface area contributed by atoms with Crippen LogP contribution in [0.3, 0.4) is 0 Å². The summed E-state index contributed by atoms with van der Waals surface area (Å²) >= 11 is 0. The standard InChI is InChI=1S/C13H17F3N2O2/c14-13(15,16)6-7-18(11-3-1-2-4-11)12(19)9-10-5-8-20-17-10/h5,8,11H,1-4,6-7,9H2. The number of carbonyl (C=O) groups excluding carboxylic acids is 1. The molecule has 4 nitrogen and oxygen atoms in total. The van der Waals surface area contributed by atoms with Gasteiger partial charge >= 0.3 is 6.18 Å². The quantitative estimate of drug-likeness (QED) is 0.837. The van der Waals surface area contributed by atoms with Crippen LogP contribution in [-0.2, 0) is 11.2 Å². The molecule has 0 aliphatic heterocycles. The number of nitrogens with zero attached hydrogens (tertiary/aromatic N) is 2. The molecule has 0 saturated heterocycles. The van der Waals surface area contributed by atoms with Crippen molar-refractivity contribution in [1.82, 2.24) is 10.1 Å². The fourth-order valence-corrected chi connectivity index (χ4v) is 2.56. The first-order valence-corrected chi connectivity index (χ1v) is 6.71. The van der Waals surface area contributed by atoms with Crippen LogP contribution in [0.1, 0.15) is 37.8 Å². The third-order valence-corrected chi connectivity index (χ3v) is 3.55. The second kappa shape index (κ2) is 6.28. The summed E-state index contributed by atoms with van der Waals surface area (Å²) in [5.41, 5.74) is 0.449. The molecule has 1 fully saturated rings. The number of halogens is 3. The number of aromatic nitrogens is 1. The summed E-state index contributed by atoms with van der Waals surface area (Å²) in [6, 6.07) is 1.48. The van der Waals surface area contributed by atoms with Crippen LogP contribution in [0.4, 0.5) is 13.2 Å². The number of carbonyl (C=O) groups is 1. The van der Waals surface area contributed by atoms with Crippen molar-refractivity contribution in [2.75, 3.05) is 6.54 Å². The Balaban J connectivity index is 1.99. The summed E-state index contributed by atoms with van der Waals surface area (Å²) in [5.74, 6) is -0.310. The normalized spacial score (nSPS) is 16.6. The molecule has 1 aliphatic carbocycles. The predicted molar refractivity (Wildman–Crippen MR) is 64.8 cm³/mol. The molecule has 0 atom stereocenters.